The summed E-state index contributed by atoms with van der Waals surface area (Å²) in [5.41, 5.74) is 14.5. The van der Waals surface area contributed by atoms with Crippen LogP contribution in [0.5, 0.6) is 0 Å². The first-order chi connectivity index (χ1) is 16.6. The molecular formula is C31H37N3. The third-order valence-corrected chi connectivity index (χ3v) is 5.52. The minimum atomic E-state index is 0.855. The van der Waals surface area contributed by atoms with Gasteiger partial charge >= 0.3 is 0 Å². The van der Waals surface area contributed by atoms with Crippen molar-refractivity contribution in [3.63, 3.8) is 0 Å². The summed E-state index contributed by atoms with van der Waals surface area (Å²) in [4.78, 5) is 0. The quantitative estimate of drug-likeness (QED) is 0.235. The minimum Gasteiger partial charge on any atom is -0.356 e. The fourth-order valence-corrected chi connectivity index (χ4v) is 3.67. The van der Waals surface area contributed by atoms with Crippen LogP contribution in [0, 0.1) is 13.8 Å². The lowest BCUT2D eigenvalue weighted by molar-refractivity contribution is 0.727. The largest absolute Gasteiger partial charge is 0.356 e. The Kier molecular flexibility index (Phi) is 9.75. The SMILES string of the molecule is CCCCCN.Cc1cccc(Nc2ccc(-c3ccc(Nc4cccc(C)c4)cc3)cc2)c1. The fourth-order valence-electron chi connectivity index (χ4n) is 3.67. The molecule has 4 aromatic carbocycles. The number of hydrogen-bond acceptors (Lipinski definition) is 3. The van der Waals surface area contributed by atoms with E-state index in [0.717, 1.165) is 29.3 Å². The molecule has 0 spiro atoms. The molecule has 0 saturated heterocycles. The first kappa shape index (κ1) is 25.1. The van der Waals surface area contributed by atoms with Crippen molar-refractivity contribution in [3.8, 4) is 11.1 Å². The smallest absolute Gasteiger partial charge is 0.0386 e. The number of anilines is 4. The van der Waals surface area contributed by atoms with Gasteiger partial charge in [0, 0.05) is 22.7 Å². The molecule has 0 bridgehead atoms. The molecule has 0 radical (unpaired) electrons. The molecule has 0 heterocycles. The van der Waals surface area contributed by atoms with Gasteiger partial charge in [-0.15, -0.1) is 0 Å². The number of nitrogens with two attached hydrogens (primary N) is 1. The molecule has 3 heteroatoms. The van der Waals surface area contributed by atoms with E-state index < -0.39 is 0 Å². The number of aryl methyl sites for hydroxylation is 2. The van der Waals surface area contributed by atoms with Crippen LogP contribution in [-0.2, 0) is 0 Å². The van der Waals surface area contributed by atoms with E-state index in [4.69, 9.17) is 5.73 Å². The predicted molar refractivity (Wildman–Crippen MR) is 149 cm³/mol. The van der Waals surface area contributed by atoms with E-state index in [1.807, 2.05) is 0 Å². The van der Waals surface area contributed by atoms with Crippen LogP contribution in [0.25, 0.3) is 11.1 Å². The summed E-state index contributed by atoms with van der Waals surface area (Å²) in [5.74, 6) is 0. The average molecular weight is 452 g/mol. The van der Waals surface area contributed by atoms with Crippen molar-refractivity contribution in [3.05, 3.63) is 108 Å². The zero-order chi connectivity index (χ0) is 24.2. The first-order valence-corrected chi connectivity index (χ1v) is 12.2. The molecule has 0 unspecified atom stereocenters. The molecule has 0 aliphatic carbocycles. The van der Waals surface area contributed by atoms with Crippen molar-refractivity contribution in [2.75, 3.05) is 17.2 Å². The maximum Gasteiger partial charge on any atom is 0.0386 e. The van der Waals surface area contributed by atoms with Crippen LogP contribution >= 0.6 is 0 Å². The van der Waals surface area contributed by atoms with Gasteiger partial charge in [-0.05, 0) is 97.6 Å². The number of unbranched alkanes of at least 4 members (excludes halogenated alkanes) is 2. The summed E-state index contributed by atoms with van der Waals surface area (Å²) in [6, 6.07) is 33.9. The Balaban J connectivity index is 0.000000481. The highest BCUT2D eigenvalue weighted by Crippen LogP contribution is 2.26. The highest BCUT2D eigenvalue weighted by atomic mass is 14.9. The molecule has 34 heavy (non-hydrogen) atoms. The van der Waals surface area contributed by atoms with Crippen LogP contribution in [-0.4, -0.2) is 6.54 Å². The Morgan fingerprint density at radius 2 is 1.00 bits per heavy atom. The zero-order valence-electron chi connectivity index (χ0n) is 20.6. The average Bonchev–Trinajstić information content (AvgIpc) is 2.84. The molecule has 0 aromatic heterocycles. The molecular weight excluding hydrogens is 414 g/mol. The Morgan fingerprint density at radius 3 is 1.32 bits per heavy atom. The van der Waals surface area contributed by atoms with E-state index in [2.05, 4.69) is 128 Å². The van der Waals surface area contributed by atoms with Gasteiger partial charge in [0.2, 0.25) is 0 Å². The van der Waals surface area contributed by atoms with E-state index in [0.29, 0.717) is 0 Å². The number of benzene rings is 4. The lowest BCUT2D eigenvalue weighted by Crippen LogP contribution is -1.96. The molecule has 176 valence electrons. The van der Waals surface area contributed by atoms with Gasteiger partial charge in [0.25, 0.3) is 0 Å². The van der Waals surface area contributed by atoms with Crippen LogP contribution in [0.4, 0.5) is 22.7 Å². The van der Waals surface area contributed by atoms with Crippen molar-refractivity contribution >= 4 is 22.7 Å². The summed E-state index contributed by atoms with van der Waals surface area (Å²) in [6.07, 6.45) is 3.75. The van der Waals surface area contributed by atoms with Gasteiger partial charge in [0.1, 0.15) is 0 Å². The van der Waals surface area contributed by atoms with Crippen molar-refractivity contribution < 1.29 is 0 Å². The molecule has 0 aliphatic heterocycles. The van der Waals surface area contributed by atoms with E-state index >= 15 is 0 Å². The lowest BCUT2D eigenvalue weighted by Gasteiger charge is -2.10. The second kappa shape index (κ2) is 13.2. The molecule has 4 rings (SSSR count). The molecule has 0 amide bonds. The molecule has 4 aromatic rings. The van der Waals surface area contributed by atoms with E-state index in [1.54, 1.807) is 0 Å². The maximum atomic E-state index is 5.21. The van der Waals surface area contributed by atoms with Gasteiger partial charge in [-0.3, -0.25) is 0 Å². The maximum absolute atomic E-state index is 5.21. The zero-order valence-corrected chi connectivity index (χ0v) is 20.6. The summed E-state index contributed by atoms with van der Waals surface area (Å²) in [5, 5.41) is 6.91. The molecule has 0 aliphatic rings. The van der Waals surface area contributed by atoms with Gasteiger partial charge in [0.05, 0.1) is 0 Å². The summed E-state index contributed by atoms with van der Waals surface area (Å²) < 4.78 is 0. The predicted octanol–water partition coefficient (Wildman–Crippen LogP) is 8.59. The number of hydrogen-bond donors (Lipinski definition) is 3. The van der Waals surface area contributed by atoms with Crippen molar-refractivity contribution in [2.24, 2.45) is 5.73 Å². The van der Waals surface area contributed by atoms with Crippen LogP contribution in [0.2, 0.25) is 0 Å². The van der Waals surface area contributed by atoms with Gasteiger partial charge in [-0.1, -0.05) is 68.3 Å². The molecule has 3 nitrogen and oxygen atoms in total. The Labute approximate surface area is 205 Å². The first-order valence-electron chi connectivity index (χ1n) is 12.2. The molecule has 0 saturated carbocycles. The Morgan fingerprint density at radius 1 is 0.559 bits per heavy atom. The Hall–Kier alpha value is -3.56. The molecule has 0 atom stereocenters. The van der Waals surface area contributed by atoms with Crippen LogP contribution in [0.15, 0.2) is 97.1 Å². The summed E-state index contributed by atoms with van der Waals surface area (Å²) >= 11 is 0. The summed E-state index contributed by atoms with van der Waals surface area (Å²) in [6.45, 7) is 7.24. The lowest BCUT2D eigenvalue weighted by atomic mass is 10.0. The van der Waals surface area contributed by atoms with Crippen LogP contribution in [0.1, 0.15) is 37.3 Å². The van der Waals surface area contributed by atoms with Crippen molar-refractivity contribution in [1.82, 2.24) is 0 Å². The fraction of sp³-hybridized carbons (Fsp3) is 0.226. The van der Waals surface area contributed by atoms with Gasteiger partial charge < -0.3 is 16.4 Å². The highest BCUT2D eigenvalue weighted by molar-refractivity contribution is 5.71. The minimum absolute atomic E-state index is 0.855. The van der Waals surface area contributed by atoms with Gasteiger partial charge in [0.15, 0.2) is 0 Å². The Bertz CT molecular complexity index is 1040. The second-order valence-electron chi connectivity index (χ2n) is 8.64. The van der Waals surface area contributed by atoms with Crippen molar-refractivity contribution in [2.45, 2.75) is 40.0 Å². The van der Waals surface area contributed by atoms with Crippen LogP contribution in [0.3, 0.4) is 0 Å². The van der Waals surface area contributed by atoms with Crippen LogP contribution < -0.4 is 16.4 Å². The third kappa shape index (κ3) is 8.09. The second-order valence-corrected chi connectivity index (χ2v) is 8.64. The number of nitrogens with one attached hydrogen (secondary N) is 2. The topological polar surface area (TPSA) is 50.1 Å². The third-order valence-electron chi connectivity index (χ3n) is 5.52. The highest BCUT2D eigenvalue weighted by Gasteiger charge is 2.01. The van der Waals surface area contributed by atoms with E-state index in [1.165, 1.54) is 41.5 Å². The van der Waals surface area contributed by atoms with Gasteiger partial charge in [-0.25, -0.2) is 0 Å². The standard InChI is InChI=1S/C26H24N2.C5H13N/c1-19-5-3-7-25(17-19)27-23-13-9-21(10-14-23)22-11-15-24(16-12-22)28-26-8-4-6-20(2)18-26;1-2-3-4-5-6/h3-18,27-28H,1-2H3;2-6H2,1H3. The molecule has 4 N–H and O–H groups in total. The monoisotopic (exact) mass is 451 g/mol. The van der Waals surface area contributed by atoms with E-state index in [-0.39, 0.29) is 0 Å². The normalized spacial score (nSPS) is 10.2. The van der Waals surface area contributed by atoms with E-state index in [9.17, 15) is 0 Å². The molecule has 0 fully saturated rings. The number of rotatable bonds is 8. The van der Waals surface area contributed by atoms with Gasteiger partial charge in [-0.2, -0.15) is 0 Å². The van der Waals surface area contributed by atoms with Crippen molar-refractivity contribution in [1.29, 1.82) is 0 Å². The summed E-state index contributed by atoms with van der Waals surface area (Å²) in [7, 11) is 0.